The van der Waals surface area contributed by atoms with E-state index in [2.05, 4.69) is 10.0 Å². The Morgan fingerprint density at radius 1 is 1.03 bits per heavy atom. The maximum atomic E-state index is 12.6. The van der Waals surface area contributed by atoms with Crippen LogP contribution in [-0.4, -0.2) is 25.8 Å². The first-order valence-electron chi connectivity index (χ1n) is 9.88. The molecule has 3 aromatic rings. The number of hydrogen-bond acceptors (Lipinski definition) is 5. The summed E-state index contributed by atoms with van der Waals surface area (Å²) in [6.45, 7) is 4.01. The molecular weight excluding hydrogens is 430 g/mol. The number of nitrogens with zero attached hydrogens (tertiary/aromatic N) is 1. The van der Waals surface area contributed by atoms with Crippen molar-refractivity contribution in [2.75, 3.05) is 11.3 Å². The lowest BCUT2D eigenvalue weighted by molar-refractivity contribution is -0.385. The van der Waals surface area contributed by atoms with Gasteiger partial charge in [0, 0.05) is 29.4 Å². The zero-order chi connectivity index (χ0) is 23.3. The van der Waals surface area contributed by atoms with E-state index >= 15 is 0 Å². The van der Waals surface area contributed by atoms with Gasteiger partial charge >= 0.3 is 0 Å². The Morgan fingerprint density at radius 3 is 2.31 bits per heavy atom. The lowest BCUT2D eigenvalue weighted by atomic mass is 10.0. The van der Waals surface area contributed by atoms with Crippen LogP contribution in [0.3, 0.4) is 0 Å². The molecule has 9 heteroatoms. The number of nitrogens with one attached hydrogen (secondary N) is 2. The Kier molecular flexibility index (Phi) is 6.89. The van der Waals surface area contributed by atoms with Crippen molar-refractivity contribution in [3.05, 3.63) is 99.6 Å². The molecule has 0 spiro atoms. The monoisotopic (exact) mass is 453 g/mol. The molecule has 0 aliphatic rings. The largest absolute Gasteiger partial charge is 0.351 e. The highest BCUT2D eigenvalue weighted by atomic mass is 32.2. The maximum absolute atomic E-state index is 12.6. The average molecular weight is 454 g/mol. The topological polar surface area (TPSA) is 118 Å². The van der Waals surface area contributed by atoms with Crippen LogP contribution in [0.4, 0.5) is 11.4 Å². The first-order chi connectivity index (χ1) is 15.2. The molecule has 0 saturated carbocycles. The molecule has 1 amide bonds. The van der Waals surface area contributed by atoms with E-state index < -0.39 is 14.9 Å². The van der Waals surface area contributed by atoms with Crippen molar-refractivity contribution in [1.82, 2.24) is 5.32 Å². The number of carbonyl (C=O) groups excluding carboxylic acids is 1. The first-order valence-corrected chi connectivity index (χ1v) is 11.4. The van der Waals surface area contributed by atoms with Gasteiger partial charge in [-0.05, 0) is 48.7 Å². The highest BCUT2D eigenvalue weighted by molar-refractivity contribution is 7.92. The highest BCUT2D eigenvalue weighted by Gasteiger charge is 2.20. The Morgan fingerprint density at radius 2 is 1.69 bits per heavy atom. The van der Waals surface area contributed by atoms with Crippen molar-refractivity contribution in [2.45, 2.75) is 24.7 Å². The van der Waals surface area contributed by atoms with Crippen molar-refractivity contribution in [3.8, 4) is 0 Å². The lowest BCUT2D eigenvalue weighted by Crippen LogP contribution is -2.27. The van der Waals surface area contributed by atoms with Crippen molar-refractivity contribution >= 4 is 27.3 Å². The van der Waals surface area contributed by atoms with Crippen LogP contribution in [0.5, 0.6) is 0 Å². The highest BCUT2D eigenvalue weighted by Crippen LogP contribution is 2.24. The van der Waals surface area contributed by atoms with Gasteiger partial charge in [-0.15, -0.1) is 0 Å². The molecule has 0 radical (unpaired) electrons. The molecule has 3 rings (SSSR count). The molecule has 0 aliphatic heterocycles. The maximum Gasteiger partial charge on any atom is 0.273 e. The number of carbonyl (C=O) groups is 1. The minimum atomic E-state index is -4.03. The summed E-state index contributed by atoms with van der Waals surface area (Å²) in [7, 11) is -4.03. The van der Waals surface area contributed by atoms with Gasteiger partial charge in [-0.2, -0.15) is 0 Å². The SMILES string of the molecule is Cc1ccc(S(=O)(=O)Nc2ccc(C(=O)NCC(C)c3ccccc3)cc2)cc1[N+](=O)[O-]. The summed E-state index contributed by atoms with van der Waals surface area (Å²) < 4.78 is 27.6. The lowest BCUT2D eigenvalue weighted by Gasteiger charge is -2.13. The minimum Gasteiger partial charge on any atom is -0.351 e. The molecule has 0 bridgehead atoms. The van der Waals surface area contributed by atoms with E-state index in [9.17, 15) is 23.3 Å². The summed E-state index contributed by atoms with van der Waals surface area (Å²) in [5.74, 6) is -0.124. The average Bonchev–Trinajstić information content (AvgIpc) is 2.78. The van der Waals surface area contributed by atoms with Crippen LogP contribution >= 0.6 is 0 Å². The summed E-state index contributed by atoms with van der Waals surface area (Å²) in [4.78, 5) is 22.7. The predicted octanol–water partition coefficient (Wildman–Crippen LogP) is 4.24. The molecular formula is C23H23N3O5S. The van der Waals surface area contributed by atoms with Gasteiger partial charge in [0.1, 0.15) is 0 Å². The number of benzene rings is 3. The fourth-order valence-electron chi connectivity index (χ4n) is 3.10. The summed E-state index contributed by atoms with van der Waals surface area (Å²) in [6.07, 6.45) is 0. The number of nitro groups is 1. The van der Waals surface area contributed by atoms with Crippen molar-refractivity contribution in [2.24, 2.45) is 0 Å². The summed E-state index contributed by atoms with van der Waals surface area (Å²) in [5, 5.41) is 14.0. The van der Waals surface area contributed by atoms with Crippen LogP contribution in [0, 0.1) is 17.0 Å². The molecule has 32 heavy (non-hydrogen) atoms. The Labute approximate surface area is 186 Å². The van der Waals surface area contributed by atoms with E-state index in [0.29, 0.717) is 17.7 Å². The first kappa shape index (κ1) is 23.0. The standard InChI is InChI=1S/C23H23N3O5S/c1-16-8-13-21(14-22(16)26(28)29)32(30,31)25-20-11-9-19(10-12-20)23(27)24-15-17(2)18-6-4-3-5-7-18/h3-14,17,25H,15H2,1-2H3,(H,24,27). The predicted molar refractivity (Wildman–Crippen MR) is 122 cm³/mol. The van der Waals surface area contributed by atoms with E-state index in [0.717, 1.165) is 11.6 Å². The molecule has 8 nitrogen and oxygen atoms in total. The molecule has 0 aliphatic carbocycles. The number of nitro benzene ring substituents is 1. The van der Waals surface area contributed by atoms with Crippen molar-refractivity contribution < 1.29 is 18.1 Å². The van der Waals surface area contributed by atoms with Gasteiger partial charge in [0.2, 0.25) is 0 Å². The molecule has 0 saturated heterocycles. The number of hydrogen-bond donors (Lipinski definition) is 2. The third-order valence-corrected chi connectivity index (χ3v) is 6.40. The summed E-state index contributed by atoms with van der Waals surface area (Å²) in [6, 6.07) is 19.5. The van der Waals surface area contributed by atoms with Gasteiger partial charge in [-0.1, -0.05) is 43.3 Å². The van der Waals surface area contributed by atoms with E-state index in [4.69, 9.17) is 0 Å². The number of aryl methyl sites for hydroxylation is 1. The Balaban J connectivity index is 1.65. The van der Waals surface area contributed by atoms with Crippen LogP contribution in [0.1, 0.15) is 34.3 Å². The molecule has 0 aromatic heterocycles. The molecule has 1 atom stereocenters. The van der Waals surface area contributed by atoms with Crippen LogP contribution in [0.2, 0.25) is 0 Å². The summed E-state index contributed by atoms with van der Waals surface area (Å²) >= 11 is 0. The van der Waals surface area contributed by atoms with Gasteiger partial charge in [0.05, 0.1) is 9.82 Å². The van der Waals surface area contributed by atoms with Gasteiger partial charge in [0.15, 0.2) is 0 Å². The molecule has 2 N–H and O–H groups in total. The zero-order valence-corrected chi connectivity index (χ0v) is 18.4. The Hall–Kier alpha value is -3.72. The Bertz CT molecular complexity index is 1230. The molecule has 0 fully saturated rings. The fourth-order valence-corrected chi connectivity index (χ4v) is 4.18. The van der Waals surface area contributed by atoms with Crippen LogP contribution in [0.25, 0.3) is 0 Å². The smallest absolute Gasteiger partial charge is 0.273 e. The number of amides is 1. The van der Waals surface area contributed by atoms with Gasteiger partial charge in [-0.25, -0.2) is 8.42 Å². The van der Waals surface area contributed by atoms with E-state index in [1.54, 1.807) is 0 Å². The van der Waals surface area contributed by atoms with Gasteiger partial charge < -0.3 is 5.32 Å². The fraction of sp³-hybridized carbons (Fsp3) is 0.174. The normalized spacial score (nSPS) is 12.1. The van der Waals surface area contributed by atoms with Crippen molar-refractivity contribution in [1.29, 1.82) is 0 Å². The van der Waals surface area contributed by atoms with Gasteiger partial charge in [-0.3, -0.25) is 19.6 Å². The van der Waals surface area contributed by atoms with Crippen LogP contribution in [-0.2, 0) is 10.0 Å². The second-order valence-electron chi connectivity index (χ2n) is 7.41. The van der Waals surface area contributed by atoms with Gasteiger partial charge in [0.25, 0.3) is 21.6 Å². The molecule has 0 heterocycles. The van der Waals surface area contributed by atoms with Crippen LogP contribution in [0.15, 0.2) is 77.7 Å². The van der Waals surface area contributed by atoms with E-state index in [1.807, 2.05) is 37.3 Å². The number of rotatable bonds is 8. The second-order valence-corrected chi connectivity index (χ2v) is 9.09. The summed E-state index contributed by atoms with van der Waals surface area (Å²) in [5.41, 5.74) is 1.84. The van der Waals surface area contributed by atoms with Crippen molar-refractivity contribution in [3.63, 3.8) is 0 Å². The molecule has 1 unspecified atom stereocenters. The second kappa shape index (κ2) is 9.61. The quantitative estimate of drug-likeness (QED) is 0.391. The zero-order valence-electron chi connectivity index (χ0n) is 17.6. The minimum absolute atomic E-state index is 0.143. The molecule has 3 aromatic carbocycles. The number of anilines is 1. The van der Waals surface area contributed by atoms with E-state index in [1.165, 1.54) is 43.3 Å². The molecule has 166 valence electrons. The van der Waals surface area contributed by atoms with E-state index in [-0.39, 0.29) is 28.1 Å². The van der Waals surface area contributed by atoms with Crippen LogP contribution < -0.4 is 10.0 Å². The third kappa shape index (κ3) is 5.50. The number of sulfonamides is 1. The third-order valence-electron chi connectivity index (χ3n) is 5.02.